The predicted octanol–water partition coefficient (Wildman–Crippen LogP) is 13.8. The molecule has 0 bridgehead atoms. The number of aromatic nitrogens is 6. The Labute approximate surface area is 348 Å². The van der Waals surface area contributed by atoms with Gasteiger partial charge in [0.25, 0.3) is 0 Å². The van der Waals surface area contributed by atoms with E-state index in [2.05, 4.69) is 15.1 Å². The molecule has 8 aromatic rings. The molecule has 0 aliphatic heterocycles. The van der Waals surface area contributed by atoms with Gasteiger partial charge < -0.3 is 4.52 Å². The zero-order valence-electron chi connectivity index (χ0n) is 34.1. The third-order valence-electron chi connectivity index (χ3n) is 7.96. The minimum absolute atomic E-state index is 0. The zero-order valence-corrected chi connectivity index (χ0v) is 35.2. The summed E-state index contributed by atoms with van der Waals surface area (Å²) in [6.07, 6.45) is 5.10. The maximum Gasteiger partial charge on any atom is 0.417 e. The van der Waals surface area contributed by atoms with Crippen molar-refractivity contribution in [1.29, 1.82) is 0 Å². The van der Waals surface area contributed by atoms with Crippen LogP contribution in [0, 0.1) is 0 Å². The van der Waals surface area contributed by atoms with Crippen LogP contribution in [0.1, 0.15) is 78.7 Å². The quantitative estimate of drug-likeness (QED) is 0.161. The predicted molar refractivity (Wildman–Crippen MR) is 240 cm³/mol. The number of carbonyl (C=O) groups is 1. The van der Waals surface area contributed by atoms with Crippen LogP contribution >= 0.6 is 9.47 Å². The molecule has 0 radical (unpaired) electrons. The summed E-state index contributed by atoms with van der Waals surface area (Å²) in [6.45, 7) is 16.0. The highest BCUT2D eigenvalue weighted by molar-refractivity contribution is 7.10. The van der Waals surface area contributed by atoms with Crippen molar-refractivity contribution in [2.75, 3.05) is 0 Å². The van der Waals surface area contributed by atoms with E-state index in [4.69, 9.17) is 9.62 Å². The summed E-state index contributed by atoms with van der Waals surface area (Å²) in [5.41, 5.74) is 8.20. The third kappa shape index (κ3) is 11.9. The van der Waals surface area contributed by atoms with E-state index >= 15 is 0 Å². The fourth-order valence-electron chi connectivity index (χ4n) is 5.66. The number of hydrogen-bond donors (Lipinski definition) is 0. The lowest BCUT2D eigenvalue weighted by molar-refractivity contribution is -0.137. The molecule has 0 aliphatic carbocycles. The first-order valence-corrected chi connectivity index (χ1v) is 19.7. The molecule has 0 N–H and O–H groups in total. The molecule has 6 aromatic heterocycles. The minimum atomic E-state index is -4.41. The molecule has 6 heterocycles. The number of halogens is 3. The second-order valence-electron chi connectivity index (χ2n) is 11.0. The van der Waals surface area contributed by atoms with Crippen LogP contribution in [0.25, 0.3) is 55.8 Å². The van der Waals surface area contributed by atoms with Gasteiger partial charge in [0.05, 0.1) is 31.6 Å². The first kappa shape index (κ1) is 49.0. The van der Waals surface area contributed by atoms with Crippen molar-refractivity contribution < 1.29 is 22.5 Å². The SMILES string of the molecule is C.CC.CC.CC.CC.FC(F)(F)c1ccc2c(-c3ccncc3)c(-c3ccccc3)nn2c1.O=C(OP)c1ccc2c(-c3ccncc3)c(-c3ccccc3)nn2c1. The molecule has 1 unspecified atom stereocenters. The number of benzene rings is 2. The standard InChI is InChI=1S/C19H12F3N3.C19H14N3O2P.4C2H6.CH4/c20-19(21,22)15-6-7-16-17(13-8-10-23-11-9-13)18(24-25(16)12-15)14-4-2-1-3-5-14;23-19(24-25)15-6-7-16-17(13-8-10-20-11-9-13)18(21-22(16)12-15)14-4-2-1-3-5-14;4*1-2;/h1-12H;1-12H,25H2;4*1-2H3;1H4. The van der Waals surface area contributed by atoms with Crippen molar-refractivity contribution in [1.82, 2.24) is 29.2 Å². The van der Waals surface area contributed by atoms with Gasteiger partial charge in [0, 0.05) is 59.4 Å². The monoisotopic (exact) mass is 822 g/mol. The summed E-state index contributed by atoms with van der Waals surface area (Å²) in [7, 11) is 1.97. The van der Waals surface area contributed by atoms with Crippen LogP contribution in [0.5, 0.6) is 0 Å². The molecule has 8 rings (SSSR count). The molecule has 2 aromatic carbocycles. The second kappa shape index (κ2) is 24.6. The number of nitrogens with zero attached hydrogens (tertiary/aromatic N) is 6. The fourth-order valence-corrected chi connectivity index (χ4v) is 5.79. The highest BCUT2D eigenvalue weighted by Gasteiger charge is 2.31. The number of carbonyl (C=O) groups excluding carboxylic acids is 1. The molecule has 8 nitrogen and oxygen atoms in total. The zero-order chi connectivity index (χ0) is 42.7. The Kier molecular flexibility index (Phi) is 20.4. The van der Waals surface area contributed by atoms with E-state index in [1.165, 1.54) is 10.6 Å². The highest BCUT2D eigenvalue weighted by atomic mass is 31.0. The van der Waals surface area contributed by atoms with E-state index < -0.39 is 17.7 Å². The smallest absolute Gasteiger partial charge is 0.417 e. The van der Waals surface area contributed by atoms with Crippen LogP contribution in [-0.4, -0.2) is 35.2 Å². The van der Waals surface area contributed by atoms with Gasteiger partial charge >= 0.3 is 12.1 Å². The van der Waals surface area contributed by atoms with Crippen LogP contribution in [0.3, 0.4) is 0 Å². The van der Waals surface area contributed by atoms with Crippen LogP contribution in [0.4, 0.5) is 13.2 Å². The molecule has 59 heavy (non-hydrogen) atoms. The molecule has 0 saturated carbocycles. The summed E-state index contributed by atoms with van der Waals surface area (Å²) in [6, 6.07) is 33.1. The molecule has 0 spiro atoms. The van der Waals surface area contributed by atoms with E-state index in [9.17, 15) is 18.0 Å². The van der Waals surface area contributed by atoms with Crippen molar-refractivity contribution in [3.8, 4) is 44.8 Å². The van der Waals surface area contributed by atoms with E-state index in [0.29, 0.717) is 16.8 Å². The largest absolute Gasteiger partial charge is 0.448 e. The van der Waals surface area contributed by atoms with Gasteiger partial charge in [0.15, 0.2) is 0 Å². The van der Waals surface area contributed by atoms with E-state index in [-0.39, 0.29) is 7.43 Å². The Hall–Kier alpha value is -6.19. The molecule has 310 valence electrons. The van der Waals surface area contributed by atoms with E-state index in [0.717, 1.165) is 56.9 Å². The first-order chi connectivity index (χ1) is 28.3. The average Bonchev–Trinajstić information content (AvgIpc) is 3.89. The minimum Gasteiger partial charge on any atom is -0.448 e. The number of rotatable bonds is 5. The van der Waals surface area contributed by atoms with Gasteiger partial charge in [-0.2, -0.15) is 23.4 Å². The molecule has 0 aliphatic rings. The summed E-state index contributed by atoms with van der Waals surface area (Å²) in [5.74, 6) is -0.422. The van der Waals surface area contributed by atoms with E-state index in [1.54, 1.807) is 41.6 Å². The third-order valence-corrected chi connectivity index (χ3v) is 8.18. The Bertz CT molecular complexity index is 2420. The highest BCUT2D eigenvalue weighted by Crippen LogP contribution is 2.37. The first-order valence-electron chi connectivity index (χ1n) is 19.3. The van der Waals surface area contributed by atoms with E-state index in [1.807, 2.05) is 156 Å². The molecule has 0 amide bonds. The van der Waals surface area contributed by atoms with Crippen LogP contribution in [0.15, 0.2) is 146 Å². The van der Waals surface area contributed by atoms with Crippen LogP contribution < -0.4 is 0 Å². The lowest BCUT2D eigenvalue weighted by Gasteiger charge is -2.07. The van der Waals surface area contributed by atoms with Crippen molar-refractivity contribution in [3.05, 3.63) is 158 Å². The molecule has 0 fully saturated rings. The number of alkyl halides is 3. The summed E-state index contributed by atoms with van der Waals surface area (Å²) < 4.78 is 46.8. The Morgan fingerprint density at radius 3 is 1.32 bits per heavy atom. The summed E-state index contributed by atoms with van der Waals surface area (Å²) in [4.78, 5) is 19.9. The molecule has 0 saturated heterocycles. The van der Waals surface area contributed by atoms with Crippen molar-refractivity contribution in [2.45, 2.75) is 69.0 Å². The summed E-state index contributed by atoms with van der Waals surface area (Å²) in [5, 5.41) is 9.15. The fraction of sp³-hybridized carbons (Fsp3) is 0.213. The topological polar surface area (TPSA) is 86.7 Å². The number of pyridine rings is 4. The van der Waals surface area contributed by atoms with Crippen molar-refractivity contribution in [3.63, 3.8) is 0 Å². The van der Waals surface area contributed by atoms with Gasteiger partial charge in [-0.25, -0.2) is 13.8 Å². The molecule has 1 atom stereocenters. The lowest BCUT2D eigenvalue weighted by Crippen LogP contribution is -2.06. The van der Waals surface area contributed by atoms with Gasteiger partial charge in [-0.3, -0.25) is 9.97 Å². The molecule has 12 heteroatoms. The summed E-state index contributed by atoms with van der Waals surface area (Å²) >= 11 is 0. The molecular weight excluding hydrogens is 769 g/mol. The van der Waals surface area contributed by atoms with Gasteiger partial charge in [-0.05, 0) is 59.7 Å². The van der Waals surface area contributed by atoms with Crippen molar-refractivity contribution >= 4 is 26.5 Å². The van der Waals surface area contributed by atoms with Gasteiger partial charge in [-0.1, -0.05) is 123 Å². The van der Waals surface area contributed by atoms with Gasteiger partial charge in [-0.15, -0.1) is 0 Å². The maximum atomic E-state index is 13.0. The normalized spacial score (nSPS) is 9.97. The van der Waals surface area contributed by atoms with Gasteiger partial charge in [0.1, 0.15) is 11.4 Å². The van der Waals surface area contributed by atoms with Crippen molar-refractivity contribution in [2.24, 2.45) is 0 Å². The lowest BCUT2D eigenvalue weighted by atomic mass is 10.0. The molecular formula is C47H54F3N6O2P. The Morgan fingerprint density at radius 1 is 0.542 bits per heavy atom. The maximum absolute atomic E-state index is 13.0. The number of fused-ring (bicyclic) bond motifs is 2. The Balaban J connectivity index is 0.000000343. The van der Waals surface area contributed by atoms with Crippen LogP contribution in [0.2, 0.25) is 0 Å². The average molecular weight is 823 g/mol. The van der Waals surface area contributed by atoms with Gasteiger partial charge in [0.2, 0.25) is 0 Å². The number of hydrogen-bond acceptors (Lipinski definition) is 6. The Morgan fingerprint density at radius 2 is 0.932 bits per heavy atom. The van der Waals surface area contributed by atoms with Crippen LogP contribution in [-0.2, 0) is 10.7 Å². The second-order valence-corrected chi connectivity index (χ2v) is 11.3.